The van der Waals surface area contributed by atoms with Gasteiger partial charge in [-0.05, 0) is 24.9 Å². The van der Waals surface area contributed by atoms with Crippen molar-refractivity contribution in [2.24, 2.45) is 0 Å². The number of anilines is 1. The SMILES string of the molecule is COc1nc(Cl)nc(NC2(C)CCOC2)n1. The van der Waals surface area contributed by atoms with E-state index in [1.807, 2.05) is 6.92 Å². The third-order valence-electron chi connectivity index (χ3n) is 2.40. The summed E-state index contributed by atoms with van der Waals surface area (Å²) >= 11 is 5.75. The normalized spacial score (nSPS) is 24.4. The van der Waals surface area contributed by atoms with Crippen LogP contribution in [-0.2, 0) is 4.74 Å². The Bertz CT molecular complexity index is 382. The molecular weight excluding hydrogens is 232 g/mol. The van der Waals surface area contributed by atoms with Gasteiger partial charge in [-0.3, -0.25) is 0 Å². The minimum absolute atomic E-state index is 0.108. The molecule has 1 fully saturated rings. The van der Waals surface area contributed by atoms with Gasteiger partial charge in [0.05, 0.1) is 19.3 Å². The number of nitrogens with one attached hydrogen (secondary N) is 1. The van der Waals surface area contributed by atoms with Crippen LogP contribution >= 0.6 is 11.6 Å². The molecule has 0 aliphatic carbocycles. The molecule has 1 aliphatic rings. The molecule has 1 N–H and O–H groups in total. The first kappa shape index (κ1) is 11.3. The molecule has 0 aromatic carbocycles. The van der Waals surface area contributed by atoms with Gasteiger partial charge in [0.15, 0.2) is 0 Å². The molecule has 0 amide bonds. The minimum atomic E-state index is -0.157. The number of aromatic nitrogens is 3. The molecule has 1 saturated heterocycles. The monoisotopic (exact) mass is 244 g/mol. The van der Waals surface area contributed by atoms with Crippen molar-refractivity contribution < 1.29 is 9.47 Å². The van der Waals surface area contributed by atoms with Gasteiger partial charge in [-0.15, -0.1) is 0 Å². The maximum absolute atomic E-state index is 5.75. The van der Waals surface area contributed by atoms with E-state index in [0.717, 1.165) is 13.0 Å². The summed E-state index contributed by atoms with van der Waals surface area (Å²) in [7, 11) is 1.48. The fraction of sp³-hybridized carbons (Fsp3) is 0.667. The van der Waals surface area contributed by atoms with Crippen LogP contribution in [0.4, 0.5) is 5.95 Å². The molecule has 0 radical (unpaired) electrons. The zero-order chi connectivity index (χ0) is 11.6. The van der Waals surface area contributed by atoms with Crippen molar-refractivity contribution in [3.63, 3.8) is 0 Å². The summed E-state index contributed by atoms with van der Waals surface area (Å²) in [4.78, 5) is 11.9. The lowest BCUT2D eigenvalue weighted by Gasteiger charge is -2.23. The van der Waals surface area contributed by atoms with Crippen molar-refractivity contribution in [3.8, 4) is 6.01 Å². The van der Waals surface area contributed by atoms with Gasteiger partial charge >= 0.3 is 6.01 Å². The van der Waals surface area contributed by atoms with E-state index in [4.69, 9.17) is 21.1 Å². The predicted octanol–water partition coefficient (Wildman–Crippen LogP) is 1.12. The number of rotatable bonds is 3. The molecule has 88 valence electrons. The predicted molar refractivity (Wildman–Crippen MR) is 58.9 cm³/mol. The molecule has 1 aromatic heterocycles. The summed E-state index contributed by atoms with van der Waals surface area (Å²) in [5.41, 5.74) is -0.157. The molecule has 16 heavy (non-hydrogen) atoms. The van der Waals surface area contributed by atoms with Gasteiger partial charge in [0.2, 0.25) is 11.2 Å². The first-order chi connectivity index (χ1) is 7.61. The van der Waals surface area contributed by atoms with Crippen molar-refractivity contribution in [3.05, 3.63) is 5.28 Å². The van der Waals surface area contributed by atoms with Crippen molar-refractivity contribution in [1.29, 1.82) is 0 Å². The van der Waals surface area contributed by atoms with E-state index in [9.17, 15) is 0 Å². The van der Waals surface area contributed by atoms with Crippen LogP contribution in [0.25, 0.3) is 0 Å². The fourth-order valence-electron chi connectivity index (χ4n) is 1.51. The summed E-state index contributed by atoms with van der Waals surface area (Å²) in [5.74, 6) is 0.407. The summed E-state index contributed by atoms with van der Waals surface area (Å²) < 4.78 is 10.2. The van der Waals surface area contributed by atoms with Gasteiger partial charge in [0.25, 0.3) is 0 Å². The molecule has 2 rings (SSSR count). The highest BCUT2D eigenvalue weighted by Gasteiger charge is 2.30. The Morgan fingerprint density at radius 3 is 2.88 bits per heavy atom. The lowest BCUT2D eigenvalue weighted by molar-refractivity contribution is 0.185. The molecule has 0 saturated carbocycles. The molecule has 1 aromatic rings. The topological polar surface area (TPSA) is 69.2 Å². The average Bonchev–Trinajstić information content (AvgIpc) is 2.63. The number of nitrogens with zero attached hydrogens (tertiary/aromatic N) is 3. The van der Waals surface area contributed by atoms with Crippen LogP contribution in [0.3, 0.4) is 0 Å². The van der Waals surface area contributed by atoms with Crippen molar-refractivity contribution in [2.75, 3.05) is 25.6 Å². The summed E-state index contributed by atoms with van der Waals surface area (Å²) in [6.45, 7) is 3.40. The smallest absolute Gasteiger partial charge is 0.322 e. The third kappa shape index (κ3) is 2.51. The Labute approximate surface area is 98.4 Å². The van der Waals surface area contributed by atoms with Gasteiger partial charge in [-0.1, -0.05) is 0 Å². The van der Waals surface area contributed by atoms with E-state index < -0.39 is 0 Å². The largest absolute Gasteiger partial charge is 0.467 e. The number of halogens is 1. The van der Waals surface area contributed by atoms with Gasteiger partial charge in [0.1, 0.15) is 0 Å². The van der Waals surface area contributed by atoms with Crippen molar-refractivity contribution in [1.82, 2.24) is 15.0 Å². The highest BCUT2D eigenvalue weighted by molar-refractivity contribution is 6.28. The molecule has 1 unspecified atom stereocenters. The van der Waals surface area contributed by atoms with Crippen LogP contribution in [-0.4, -0.2) is 40.8 Å². The lowest BCUT2D eigenvalue weighted by Crippen LogP contribution is -2.35. The Hall–Kier alpha value is -1.14. The maximum Gasteiger partial charge on any atom is 0.322 e. The molecular formula is C9H13ClN4O2. The highest BCUT2D eigenvalue weighted by atomic mass is 35.5. The second-order valence-electron chi connectivity index (χ2n) is 3.90. The number of hydrogen-bond acceptors (Lipinski definition) is 6. The molecule has 0 bridgehead atoms. The Morgan fingerprint density at radius 2 is 2.25 bits per heavy atom. The molecule has 2 heterocycles. The first-order valence-electron chi connectivity index (χ1n) is 4.93. The van der Waals surface area contributed by atoms with Crippen LogP contribution in [0.2, 0.25) is 5.28 Å². The zero-order valence-electron chi connectivity index (χ0n) is 9.16. The highest BCUT2D eigenvalue weighted by Crippen LogP contribution is 2.23. The van der Waals surface area contributed by atoms with E-state index in [-0.39, 0.29) is 16.8 Å². The Morgan fingerprint density at radius 1 is 1.44 bits per heavy atom. The van der Waals surface area contributed by atoms with Crippen molar-refractivity contribution >= 4 is 17.5 Å². The van der Waals surface area contributed by atoms with Crippen LogP contribution in [0.1, 0.15) is 13.3 Å². The third-order valence-corrected chi connectivity index (χ3v) is 2.57. The molecule has 0 spiro atoms. The standard InChI is InChI=1S/C9H13ClN4O2/c1-9(3-4-16-5-9)14-7-11-6(10)12-8(13-7)15-2/h3-5H2,1-2H3,(H,11,12,13,14). The Kier molecular flexibility index (Phi) is 3.11. The molecule has 7 heteroatoms. The van der Waals surface area contributed by atoms with Gasteiger partial charge in [-0.2, -0.15) is 15.0 Å². The van der Waals surface area contributed by atoms with E-state index in [1.54, 1.807) is 0 Å². The van der Waals surface area contributed by atoms with E-state index >= 15 is 0 Å². The molecule has 6 nitrogen and oxygen atoms in total. The van der Waals surface area contributed by atoms with Gasteiger partial charge in [-0.25, -0.2) is 0 Å². The molecule has 1 atom stereocenters. The first-order valence-corrected chi connectivity index (χ1v) is 5.31. The van der Waals surface area contributed by atoms with Gasteiger partial charge < -0.3 is 14.8 Å². The summed E-state index contributed by atoms with van der Waals surface area (Å²) in [6.07, 6.45) is 0.901. The lowest BCUT2D eigenvalue weighted by atomic mass is 10.0. The number of methoxy groups -OCH3 is 1. The Balaban J connectivity index is 2.17. The second kappa shape index (κ2) is 4.39. The quantitative estimate of drug-likeness (QED) is 0.860. The van der Waals surface area contributed by atoms with Crippen LogP contribution in [0.5, 0.6) is 6.01 Å². The van der Waals surface area contributed by atoms with E-state index in [2.05, 4.69) is 20.3 Å². The van der Waals surface area contributed by atoms with Crippen LogP contribution in [0, 0.1) is 0 Å². The van der Waals surface area contributed by atoms with Gasteiger partial charge in [0, 0.05) is 6.61 Å². The fourth-order valence-corrected chi connectivity index (χ4v) is 1.67. The maximum atomic E-state index is 5.75. The summed E-state index contributed by atoms with van der Waals surface area (Å²) in [5, 5.41) is 3.29. The van der Waals surface area contributed by atoms with Crippen LogP contribution < -0.4 is 10.1 Å². The van der Waals surface area contributed by atoms with Crippen LogP contribution in [0.15, 0.2) is 0 Å². The molecule has 1 aliphatic heterocycles. The van der Waals surface area contributed by atoms with E-state index in [1.165, 1.54) is 7.11 Å². The second-order valence-corrected chi connectivity index (χ2v) is 4.24. The zero-order valence-corrected chi connectivity index (χ0v) is 9.91. The number of ether oxygens (including phenoxy) is 2. The van der Waals surface area contributed by atoms with E-state index in [0.29, 0.717) is 12.6 Å². The summed E-state index contributed by atoms with van der Waals surface area (Å²) in [6, 6.07) is 0.199. The van der Waals surface area contributed by atoms with Crippen molar-refractivity contribution in [2.45, 2.75) is 18.9 Å². The minimum Gasteiger partial charge on any atom is -0.467 e. The number of hydrogen-bond donors (Lipinski definition) is 1. The average molecular weight is 245 g/mol.